The summed E-state index contributed by atoms with van der Waals surface area (Å²) in [5.74, 6) is 1.94. The van der Waals surface area contributed by atoms with E-state index in [1.165, 1.54) is 11.9 Å². The Morgan fingerprint density at radius 3 is 2.46 bits per heavy atom. The Morgan fingerprint density at radius 1 is 1.04 bits per heavy atom. The second kappa shape index (κ2) is 7.47. The molecule has 0 bridgehead atoms. The Bertz CT molecular complexity index is 847. The lowest BCUT2D eigenvalue weighted by molar-refractivity contribution is -0.130. The van der Waals surface area contributed by atoms with E-state index in [4.69, 9.17) is 14.2 Å². The van der Waals surface area contributed by atoms with Gasteiger partial charge in [-0.3, -0.25) is 4.79 Å². The van der Waals surface area contributed by atoms with Crippen molar-refractivity contribution in [1.29, 1.82) is 0 Å². The van der Waals surface area contributed by atoms with Gasteiger partial charge in [-0.05, 0) is 35.9 Å². The van der Waals surface area contributed by atoms with E-state index in [0.29, 0.717) is 17.9 Å². The summed E-state index contributed by atoms with van der Waals surface area (Å²) < 4.78 is 16.0. The number of benzene rings is 2. The van der Waals surface area contributed by atoms with Gasteiger partial charge < -0.3 is 14.2 Å². The summed E-state index contributed by atoms with van der Waals surface area (Å²) in [6.45, 7) is 1.52. The van der Waals surface area contributed by atoms with Gasteiger partial charge in [-0.2, -0.15) is 5.10 Å². The molecular formula is C20H22N2O4. The minimum atomic E-state index is -0.161. The van der Waals surface area contributed by atoms with E-state index >= 15 is 0 Å². The van der Waals surface area contributed by atoms with Gasteiger partial charge in [0.25, 0.3) is 0 Å². The van der Waals surface area contributed by atoms with E-state index in [0.717, 1.165) is 22.6 Å². The molecule has 3 rings (SSSR count). The predicted octanol–water partition coefficient (Wildman–Crippen LogP) is 3.41. The molecule has 1 atom stereocenters. The van der Waals surface area contributed by atoms with Gasteiger partial charge in [0.15, 0.2) is 11.5 Å². The van der Waals surface area contributed by atoms with Gasteiger partial charge in [-0.25, -0.2) is 5.01 Å². The second-order valence-electron chi connectivity index (χ2n) is 5.98. The quantitative estimate of drug-likeness (QED) is 0.826. The lowest BCUT2D eigenvalue weighted by Crippen LogP contribution is -2.24. The van der Waals surface area contributed by atoms with Crippen LogP contribution in [0.1, 0.15) is 30.5 Å². The minimum Gasteiger partial charge on any atom is -0.497 e. The summed E-state index contributed by atoms with van der Waals surface area (Å²) in [6, 6.07) is 13.2. The van der Waals surface area contributed by atoms with E-state index < -0.39 is 0 Å². The van der Waals surface area contributed by atoms with Crippen molar-refractivity contribution in [1.82, 2.24) is 5.01 Å². The van der Waals surface area contributed by atoms with Crippen LogP contribution in [-0.4, -0.2) is 38.0 Å². The lowest BCUT2D eigenvalue weighted by atomic mass is 9.98. The number of nitrogens with zero attached hydrogens (tertiary/aromatic N) is 2. The smallest absolute Gasteiger partial charge is 0.240 e. The third-order valence-corrected chi connectivity index (χ3v) is 4.43. The maximum Gasteiger partial charge on any atom is 0.240 e. The highest BCUT2D eigenvalue weighted by Gasteiger charge is 2.31. The van der Waals surface area contributed by atoms with Gasteiger partial charge in [0.1, 0.15) is 5.75 Å². The largest absolute Gasteiger partial charge is 0.497 e. The number of amides is 1. The summed E-state index contributed by atoms with van der Waals surface area (Å²) in [4.78, 5) is 12.1. The van der Waals surface area contributed by atoms with E-state index in [1.807, 2.05) is 42.5 Å². The molecule has 6 nitrogen and oxygen atoms in total. The minimum absolute atomic E-state index is 0.103. The van der Waals surface area contributed by atoms with Gasteiger partial charge in [-0.15, -0.1) is 0 Å². The average molecular weight is 354 g/mol. The van der Waals surface area contributed by atoms with Crippen LogP contribution in [0.15, 0.2) is 47.6 Å². The Morgan fingerprint density at radius 2 is 1.81 bits per heavy atom. The summed E-state index contributed by atoms with van der Waals surface area (Å²) in [5.41, 5.74) is 2.71. The van der Waals surface area contributed by atoms with Crippen LogP contribution in [0.5, 0.6) is 17.2 Å². The zero-order valence-corrected chi connectivity index (χ0v) is 15.4. The number of carbonyl (C=O) groups is 1. The average Bonchev–Trinajstić information content (AvgIpc) is 3.13. The first-order chi connectivity index (χ1) is 12.6. The van der Waals surface area contributed by atoms with Gasteiger partial charge >= 0.3 is 0 Å². The third-order valence-electron chi connectivity index (χ3n) is 4.43. The molecule has 0 saturated heterocycles. The van der Waals surface area contributed by atoms with Crippen molar-refractivity contribution < 1.29 is 19.0 Å². The summed E-state index contributed by atoms with van der Waals surface area (Å²) in [7, 11) is 4.82. The van der Waals surface area contributed by atoms with Crippen LogP contribution >= 0.6 is 0 Å². The Labute approximate surface area is 153 Å². The zero-order chi connectivity index (χ0) is 18.7. The van der Waals surface area contributed by atoms with Gasteiger partial charge in [0.2, 0.25) is 5.91 Å². The molecule has 1 amide bonds. The fourth-order valence-corrected chi connectivity index (χ4v) is 3.10. The molecule has 1 aliphatic heterocycles. The van der Waals surface area contributed by atoms with Crippen LogP contribution < -0.4 is 14.2 Å². The lowest BCUT2D eigenvalue weighted by Gasteiger charge is -2.20. The fourth-order valence-electron chi connectivity index (χ4n) is 3.10. The molecule has 0 spiro atoms. The van der Waals surface area contributed by atoms with Crippen LogP contribution in [0.25, 0.3) is 0 Å². The number of hydrazone groups is 1. The molecule has 1 heterocycles. The van der Waals surface area contributed by atoms with Crippen LogP contribution in [0.2, 0.25) is 0 Å². The van der Waals surface area contributed by atoms with E-state index in [1.54, 1.807) is 21.3 Å². The molecule has 0 saturated carbocycles. The van der Waals surface area contributed by atoms with Crippen LogP contribution in [0.4, 0.5) is 0 Å². The fraction of sp³-hybridized carbons (Fsp3) is 0.300. The van der Waals surface area contributed by atoms with Crippen molar-refractivity contribution in [2.45, 2.75) is 19.4 Å². The maximum absolute atomic E-state index is 12.1. The maximum atomic E-state index is 12.1. The van der Waals surface area contributed by atoms with Crippen molar-refractivity contribution >= 4 is 11.6 Å². The summed E-state index contributed by atoms with van der Waals surface area (Å²) in [5, 5.41) is 6.09. The first kappa shape index (κ1) is 17.8. The molecule has 1 aliphatic rings. The Kier molecular flexibility index (Phi) is 5.11. The van der Waals surface area contributed by atoms with E-state index in [9.17, 15) is 4.79 Å². The zero-order valence-electron chi connectivity index (χ0n) is 15.4. The predicted molar refractivity (Wildman–Crippen MR) is 99.0 cm³/mol. The first-order valence-corrected chi connectivity index (χ1v) is 8.31. The Balaban J connectivity index is 1.95. The van der Waals surface area contributed by atoms with Crippen molar-refractivity contribution in [2.75, 3.05) is 21.3 Å². The highest BCUT2D eigenvalue weighted by atomic mass is 16.5. The molecule has 0 aromatic heterocycles. The second-order valence-corrected chi connectivity index (χ2v) is 5.98. The van der Waals surface area contributed by atoms with Crippen LogP contribution in [0, 0.1) is 0 Å². The van der Waals surface area contributed by atoms with Gasteiger partial charge in [0.05, 0.1) is 33.1 Å². The molecular weight excluding hydrogens is 332 g/mol. The number of ether oxygens (including phenoxy) is 3. The number of rotatable bonds is 5. The SMILES string of the molecule is COc1cccc([C@@H]2CC(c3ccc(OC)c(OC)c3)=NN2C(C)=O)c1. The molecule has 0 fully saturated rings. The standard InChI is InChI=1S/C20H22N2O4/c1-13(23)22-18(15-6-5-7-16(10-15)24-2)12-17(21-22)14-8-9-19(25-3)20(11-14)26-4/h5-11,18H,12H2,1-4H3/t18-/m0/s1. The van der Waals surface area contributed by atoms with Crippen molar-refractivity contribution in [3.8, 4) is 17.2 Å². The number of hydrogen-bond acceptors (Lipinski definition) is 5. The molecule has 26 heavy (non-hydrogen) atoms. The molecule has 2 aromatic carbocycles. The Hall–Kier alpha value is -3.02. The van der Waals surface area contributed by atoms with Crippen molar-refractivity contribution in [2.24, 2.45) is 5.10 Å². The van der Waals surface area contributed by atoms with E-state index in [-0.39, 0.29) is 11.9 Å². The molecule has 6 heteroatoms. The van der Waals surface area contributed by atoms with Crippen LogP contribution in [0.3, 0.4) is 0 Å². The highest BCUT2D eigenvalue weighted by Crippen LogP contribution is 2.36. The van der Waals surface area contributed by atoms with Gasteiger partial charge in [0, 0.05) is 18.9 Å². The van der Waals surface area contributed by atoms with Crippen molar-refractivity contribution in [3.05, 3.63) is 53.6 Å². The monoisotopic (exact) mass is 354 g/mol. The van der Waals surface area contributed by atoms with Crippen LogP contribution in [-0.2, 0) is 4.79 Å². The number of hydrogen-bond donors (Lipinski definition) is 0. The molecule has 0 aliphatic carbocycles. The molecule has 0 N–H and O–H groups in total. The third kappa shape index (κ3) is 3.35. The summed E-state index contributed by atoms with van der Waals surface area (Å²) in [6.07, 6.45) is 0.613. The normalized spacial score (nSPS) is 16.2. The number of carbonyl (C=O) groups excluding carboxylic acids is 1. The summed E-state index contributed by atoms with van der Waals surface area (Å²) >= 11 is 0. The topological polar surface area (TPSA) is 60.4 Å². The molecule has 136 valence electrons. The van der Waals surface area contributed by atoms with E-state index in [2.05, 4.69) is 5.10 Å². The molecule has 0 unspecified atom stereocenters. The molecule has 0 radical (unpaired) electrons. The molecule has 2 aromatic rings. The first-order valence-electron chi connectivity index (χ1n) is 8.31. The highest BCUT2D eigenvalue weighted by molar-refractivity contribution is 6.03. The van der Waals surface area contributed by atoms with Crippen molar-refractivity contribution in [3.63, 3.8) is 0 Å². The number of methoxy groups -OCH3 is 3. The van der Waals surface area contributed by atoms with Gasteiger partial charge in [-0.1, -0.05) is 12.1 Å².